The molecular weight excluding hydrogens is 154 g/mol. The number of rotatable bonds is 2. The Morgan fingerprint density at radius 1 is 1.80 bits per heavy atom. The predicted molar refractivity (Wildman–Crippen MR) is 37.2 cm³/mol. The molecule has 1 aliphatic rings. The summed E-state index contributed by atoms with van der Waals surface area (Å²) in [6.07, 6.45) is -0.129. The van der Waals surface area contributed by atoms with Gasteiger partial charge in [-0.2, -0.15) is 0 Å². The van der Waals surface area contributed by atoms with Crippen LogP contribution in [0.2, 0.25) is 0 Å². The van der Waals surface area contributed by atoms with E-state index in [0.717, 1.165) is 0 Å². The molecule has 1 rings (SSSR count). The van der Waals surface area contributed by atoms with Crippen molar-refractivity contribution in [3.05, 3.63) is 0 Å². The van der Waals surface area contributed by atoms with Crippen LogP contribution in [0.3, 0.4) is 0 Å². The minimum absolute atomic E-state index is 0.129. The first-order valence-corrected chi connectivity index (χ1v) is 3.62. The number of hydrogen-bond acceptors (Lipinski definition) is 3. The van der Waals surface area contributed by atoms with Crippen molar-refractivity contribution < 1.29 is 14.7 Å². The molecule has 0 fully saturated rings. The molecule has 0 bridgehead atoms. The summed E-state index contributed by atoms with van der Waals surface area (Å²) in [5.74, 6) is -0.884. The van der Waals surface area contributed by atoms with E-state index in [-0.39, 0.29) is 12.3 Å². The van der Waals surface area contributed by atoms with Gasteiger partial charge in [-0.1, -0.05) is 0 Å². The summed E-state index contributed by atoms with van der Waals surface area (Å²) >= 11 is 1.20. The van der Waals surface area contributed by atoms with Gasteiger partial charge in [0.15, 0.2) is 0 Å². The lowest BCUT2D eigenvalue weighted by Crippen LogP contribution is -2.00. The third kappa shape index (κ3) is 1.84. The molecule has 1 heterocycles. The number of carboxylic acid groups (broad SMARTS) is 1. The van der Waals surface area contributed by atoms with Gasteiger partial charge < -0.3 is 5.11 Å². The molecule has 0 aromatic heterocycles. The van der Waals surface area contributed by atoms with E-state index in [9.17, 15) is 9.59 Å². The minimum atomic E-state index is -0.944. The highest BCUT2D eigenvalue weighted by atomic mass is 32.2. The highest BCUT2D eigenvalue weighted by molar-refractivity contribution is 8.15. The van der Waals surface area contributed by atoms with Gasteiger partial charge in [-0.25, -0.2) is 4.99 Å². The molecule has 0 radical (unpaired) electrons. The molecule has 0 aromatic rings. The number of thioether (sulfide) groups is 1. The smallest absolute Gasteiger partial charge is 0.309 e. The molecule has 1 N–H and O–H groups in total. The lowest BCUT2D eigenvalue weighted by molar-refractivity contribution is -0.135. The second-order valence-corrected chi connectivity index (χ2v) is 2.81. The zero-order valence-corrected chi connectivity index (χ0v) is 5.85. The maximum Gasteiger partial charge on any atom is 0.309 e. The third-order valence-electron chi connectivity index (χ3n) is 0.914. The van der Waals surface area contributed by atoms with Crippen LogP contribution in [0.4, 0.5) is 0 Å². The number of nitrogens with zero attached hydrogens (tertiary/aromatic N) is 1. The van der Waals surface area contributed by atoms with E-state index >= 15 is 0 Å². The quantitative estimate of drug-likeness (QED) is 0.622. The first kappa shape index (κ1) is 7.27. The van der Waals surface area contributed by atoms with Crippen LogP contribution >= 0.6 is 11.8 Å². The van der Waals surface area contributed by atoms with Crippen LogP contribution in [0.15, 0.2) is 4.99 Å². The molecule has 4 nitrogen and oxygen atoms in total. The Morgan fingerprint density at radius 2 is 2.50 bits per heavy atom. The number of carbonyl (C=O) groups is 2. The van der Waals surface area contributed by atoms with Crippen molar-refractivity contribution >= 4 is 28.7 Å². The number of carbonyl (C=O) groups excluding carboxylic acids is 1. The molecule has 0 saturated heterocycles. The molecule has 1 aliphatic heterocycles. The zero-order valence-electron chi connectivity index (χ0n) is 5.03. The van der Waals surface area contributed by atoms with Gasteiger partial charge in [0.05, 0.1) is 17.2 Å². The predicted octanol–water partition coefficient (Wildman–Crippen LogP) is 0.133. The van der Waals surface area contributed by atoms with Crippen LogP contribution in [-0.4, -0.2) is 27.8 Å². The molecule has 10 heavy (non-hydrogen) atoms. The second-order valence-electron chi connectivity index (χ2n) is 1.76. The van der Waals surface area contributed by atoms with Crippen molar-refractivity contribution in [2.75, 3.05) is 5.75 Å². The molecule has 54 valence electrons. The summed E-state index contributed by atoms with van der Waals surface area (Å²) < 4.78 is 0. The van der Waals surface area contributed by atoms with E-state index in [1.54, 1.807) is 0 Å². The van der Waals surface area contributed by atoms with E-state index in [1.165, 1.54) is 11.8 Å². The Hall–Kier alpha value is -0.840. The first-order valence-electron chi connectivity index (χ1n) is 2.63. The summed E-state index contributed by atoms with van der Waals surface area (Å²) in [5.41, 5.74) is 0. The molecule has 0 spiro atoms. The fourth-order valence-electron chi connectivity index (χ4n) is 0.569. The maximum absolute atomic E-state index is 10.4. The SMILES string of the molecule is O=C(O)CC1=NC(=O)CS1. The van der Waals surface area contributed by atoms with Gasteiger partial charge in [0, 0.05) is 0 Å². The van der Waals surface area contributed by atoms with Crippen LogP contribution in [0.5, 0.6) is 0 Å². The van der Waals surface area contributed by atoms with Gasteiger partial charge in [-0.3, -0.25) is 9.59 Å². The van der Waals surface area contributed by atoms with E-state index in [0.29, 0.717) is 10.8 Å². The van der Waals surface area contributed by atoms with Gasteiger partial charge in [-0.15, -0.1) is 11.8 Å². The normalized spacial score (nSPS) is 17.2. The molecular formula is C5H5NO3S. The second kappa shape index (κ2) is 2.83. The molecule has 0 aromatic carbocycles. The fraction of sp³-hybridized carbons (Fsp3) is 0.400. The molecule has 0 unspecified atom stereocenters. The standard InChI is InChI=1S/C5H5NO3S/c7-3-2-10-4(6-3)1-5(8)9/h1-2H2,(H,8,9). The number of aliphatic carboxylic acids is 1. The van der Waals surface area contributed by atoms with Crippen LogP contribution in [0.1, 0.15) is 6.42 Å². The number of aliphatic imine (C=N–C) groups is 1. The lowest BCUT2D eigenvalue weighted by atomic mass is 10.5. The topological polar surface area (TPSA) is 66.7 Å². The average molecular weight is 159 g/mol. The Labute approximate surface area is 61.3 Å². The zero-order chi connectivity index (χ0) is 7.56. The van der Waals surface area contributed by atoms with Gasteiger partial charge >= 0.3 is 5.97 Å². The average Bonchev–Trinajstić information content (AvgIpc) is 2.13. The highest BCUT2D eigenvalue weighted by Gasteiger charge is 2.16. The lowest BCUT2D eigenvalue weighted by Gasteiger charge is -1.88. The summed E-state index contributed by atoms with van der Waals surface area (Å²) in [5, 5.41) is 8.67. The minimum Gasteiger partial charge on any atom is -0.481 e. The number of amides is 1. The van der Waals surface area contributed by atoms with Crippen molar-refractivity contribution in [2.45, 2.75) is 6.42 Å². The Kier molecular flexibility index (Phi) is 2.06. The third-order valence-corrected chi connectivity index (χ3v) is 1.87. The van der Waals surface area contributed by atoms with E-state index < -0.39 is 5.97 Å². The van der Waals surface area contributed by atoms with Crippen molar-refractivity contribution in [1.29, 1.82) is 0 Å². The van der Waals surface area contributed by atoms with E-state index in [1.807, 2.05) is 0 Å². The van der Waals surface area contributed by atoms with Gasteiger partial charge in [0.25, 0.3) is 5.91 Å². The van der Waals surface area contributed by atoms with Gasteiger partial charge in [0.2, 0.25) is 0 Å². The molecule has 1 amide bonds. The molecule has 0 aliphatic carbocycles. The number of carboxylic acids is 1. The Bertz CT molecular complexity index is 211. The summed E-state index contributed by atoms with van der Waals surface area (Å²) in [6, 6.07) is 0. The van der Waals surface area contributed by atoms with Crippen molar-refractivity contribution in [2.24, 2.45) is 4.99 Å². The van der Waals surface area contributed by atoms with Crippen LogP contribution < -0.4 is 0 Å². The van der Waals surface area contributed by atoms with Crippen molar-refractivity contribution in [3.63, 3.8) is 0 Å². The largest absolute Gasteiger partial charge is 0.481 e. The van der Waals surface area contributed by atoms with E-state index in [4.69, 9.17) is 5.11 Å². The Morgan fingerprint density at radius 3 is 2.90 bits per heavy atom. The van der Waals surface area contributed by atoms with Crippen molar-refractivity contribution in [1.82, 2.24) is 0 Å². The summed E-state index contributed by atoms with van der Waals surface area (Å²) in [7, 11) is 0. The van der Waals surface area contributed by atoms with Gasteiger partial charge in [-0.05, 0) is 0 Å². The summed E-state index contributed by atoms with van der Waals surface area (Å²) in [6.45, 7) is 0. The highest BCUT2D eigenvalue weighted by Crippen LogP contribution is 2.15. The van der Waals surface area contributed by atoms with Crippen LogP contribution in [0, 0.1) is 0 Å². The maximum atomic E-state index is 10.4. The monoisotopic (exact) mass is 159 g/mol. The van der Waals surface area contributed by atoms with Gasteiger partial charge in [0.1, 0.15) is 0 Å². The van der Waals surface area contributed by atoms with Crippen LogP contribution in [0.25, 0.3) is 0 Å². The van der Waals surface area contributed by atoms with Crippen molar-refractivity contribution in [3.8, 4) is 0 Å². The Balaban J connectivity index is 2.50. The van der Waals surface area contributed by atoms with Crippen LogP contribution in [-0.2, 0) is 9.59 Å². The van der Waals surface area contributed by atoms with E-state index in [2.05, 4.69) is 4.99 Å². The summed E-state index contributed by atoms with van der Waals surface area (Å²) in [4.78, 5) is 24.0. The first-order chi connectivity index (χ1) is 4.68. The number of hydrogen-bond donors (Lipinski definition) is 1. The molecule has 0 saturated carbocycles. The molecule has 0 atom stereocenters. The fourth-order valence-corrected chi connectivity index (χ4v) is 1.32. The molecule has 5 heteroatoms.